The maximum Gasteiger partial charge on any atom is 0.573 e. The topological polar surface area (TPSA) is 71.9 Å². The van der Waals surface area contributed by atoms with Gasteiger partial charge in [-0.15, -0.1) is 13.2 Å². The van der Waals surface area contributed by atoms with Crippen LogP contribution < -0.4 is 10.5 Å². The van der Waals surface area contributed by atoms with Crippen molar-refractivity contribution in [2.45, 2.75) is 6.36 Å². The number of hydrogen-bond donors (Lipinski definition) is 1. The Bertz CT molecular complexity index is 1030. The Labute approximate surface area is 161 Å². The molecule has 1 aromatic heterocycles. The average Bonchev–Trinajstić information content (AvgIpc) is 2.60. The van der Waals surface area contributed by atoms with Crippen molar-refractivity contribution in [3.63, 3.8) is 0 Å². The Balaban J connectivity index is 2.08. The molecule has 27 heavy (non-hydrogen) atoms. The van der Waals surface area contributed by atoms with E-state index in [-0.39, 0.29) is 17.1 Å². The zero-order chi connectivity index (χ0) is 19.6. The van der Waals surface area contributed by atoms with Gasteiger partial charge in [-0.2, -0.15) is 5.26 Å². The minimum Gasteiger partial charge on any atom is -0.406 e. The summed E-state index contributed by atoms with van der Waals surface area (Å²) in [7, 11) is 0. The Kier molecular flexibility index (Phi) is 5.06. The van der Waals surface area contributed by atoms with Gasteiger partial charge in [0, 0.05) is 15.6 Å². The van der Waals surface area contributed by atoms with Crippen LogP contribution in [-0.2, 0) is 0 Å². The molecule has 0 aliphatic rings. The van der Waals surface area contributed by atoms with Crippen molar-refractivity contribution in [3.05, 3.63) is 64.6 Å². The number of halogens is 4. The molecule has 0 amide bonds. The summed E-state index contributed by atoms with van der Waals surface area (Å²) < 4.78 is 41.7. The summed E-state index contributed by atoms with van der Waals surface area (Å²) in [5.74, 6) is -0.306. The van der Waals surface area contributed by atoms with Gasteiger partial charge in [-0.3, -0.25) is 0 Å². The first-order valence-corrected chi connectivity index (χ1v) is 8.39. The van der Waals surface area contributed by atoms with Crippen LogP contribution in [0.1, 0.15) is 5.56 Å². The number of anilines is 1. The Morgan fingerprint density at radius 2 is 1.74 bits per heavy atom. The molecule has 0 saturated carbocycles. The summed E-state index contributed by atoms with van der Waals surface area (Å²) in [4.78, 5) is 4.27. The second-order valence-electron chi connectivity index (χ2n) is 5.51. The van der Waals surface area contributed by atoms with Crippen molar-refractivity contribution < 1.29 is 17.9 Å². The predicted octanol–water partition coefficient (Wildman–Crippen LogP) is 5.53. The van der Waals surface area contributed by atoms with E-state index in [9.17, 15) is 18.4 Å². The lowest BCUT2D eigenvalue weighted by Crippen LogP contribution is -2.16. The SMILES string of the molecule is N#Cc1c(-c2ccc(OC(F)(F)F)cc2)cc(-c2cccc(Br)c2)nc1N. The third-order valence-corrected chi connectivity index (χ3v) is 4.17. The van der Waals surface area contributed by atoms with Crippen molar-refractivity contribution in [2.24, 2.45) is 0 Å². The molecule has 0 radical (unpaired) electrons. The zero-order valence-corrected chi connectivity index (χ0v) is 15.2. The van der Waals surface area contributed by atoms with Crippen LogP contribution in [0.5, 0.6) is 5.75 Å². The van der Waals surface area contributed by atoms with E-state index in [1.54, 1.807) is 6.07 Å². The van der Waals surface area contributed by atoms with Crippen LogP contribution in [-0.4, -0.2) is 11.3 Å². The number of ether oxygens (including phenoxy) is 1. The van der Waals surface area contributed by atoms with Crippen molar-refractivity contribution in [3.8, 4) is 34.2 Å². The number of pyridine rings is 1. The fourth-order valence-corrected chi connectivity index (χ4v) is 2.94. The molecule has 2 N–H and O–H groups in total. The highest BCUT2D eigenvalue weighted by atomic mass is 79.9. The van der Waals surface area contributed by atoms with Gasteiger partial charge in [0.2, 0.25) is 0 Å². The lowest BCUT2D eigenvalue weighted by atomic mass is 9.98. The van der Waals surface area contributed by atoms with Gasteiger partial charge in [-0.25, -0.2) is 4.98 Å². The molecule has 1 heterocycles. The maximum atomic E-state index is 12.3. The molecule has 3 aromatic rings. The minimum absolute atomic E-state index is 0.0422. The van der Waals surface area contributed by atoms with Crippen LogP contribution in [0.15, 0.2) is 59.1 Å². The number of alkyl halides is 3. The first kappa shape index (κ1) is 18.7. The number of nitrogens with two attached hydrogens (primary N) is 1. The molecule has 3 rings (SSSR count). The number of nitrogen functional groups attached to an aromatic ring is 1. The van der Waals surface area contributed by atoms with E-state index >= 15 is 0 Å². The van der Waals surface area contributed by atoms with E-state index in [4.69, 9.17) is 5.73 Å². The van der Waals surface area contributed by atoms with Gasteiger partial charge < -0.3 is 10.5 Å². The zero-order valence-electron chi connectivity index (χ0n) is 13.6. The van der Waals surface area contributed by atoms with Crippen molar-refractivity contribution in [1.82, 2.24) is 4.98 Å². The van der Waals surface area contributed by atoms with E-state index in [0.717, 1.165) is 10.0 Å². The van der Waals surface area contributed by atoms with Crippen LogP contribution in [0.2, 0.25) is 0 Å². The van der Waals surface area contributed by atoms with E-state index < -0.39 is 6.36 Å². The largest absolute Gasteiger partial charge is 0.573 e. The van der Waals surface area contributed by atoms with Crippen LogP contribution in [0.4, 0.5) is 19.0 Å². The highest BCUT2D eigenvalue weighted by molar-refractivity contribution is 9.10. The summed E-state index contributed by atoms with van der Waals surface area (Å²) in [5.41, 5.74) is 8.40. The van der Waals surface area contributed by atoms with Crippen LogP contribution in [0.25, 0.3) is 22.4 Å². The van der Waals surface area contributed by atoms with Crippen molar-refractivity contribution in [2.75, 3.05) is 5.73 Å². The van der Waals surface area contributed by atoms with Crippen LogP contribution in [0.3, 0.4) is 0 Å². The first-order valence-electron chi connectivity index (χ1n) is 7.59. The van der Waals surface area contributed by atoms with Gasteiger partial charge in [-0.05, 0) is 35.9 Å². The molecule has 0 aliphatic heterocycles. The Morgan fingerprint density at radius 1 is 1.04 bits per heavy atom. The summed E-state index contributed by atoms with van der Waals surface area (Å²) in [5, 5.41) is 9.42. The molecule has 136 valence electrons. The van der Waals surface area contributed by atoms with Gasteiger partial charge >= 0.3 is 6.36 Å². The summed E-state index contributed by atoms with van der Waals surface area (Å²) in [6.07, 6.45) is -4.77. The maximum absolute atomic E-state index is 12.3. The third kappa shape index (κ3) is 4.38. The molecule has 4 nitrogen and oxygen atoms in total. The summed E-state index contributed by atoms with van der Waals surface area (Å²) in [6, 6.07) is 16.3. The molecule has 0 saturated heterocycles. The second-order valence-corrected chi connectivity index (χ2v) is 6.43. The molecule has 0 aliphatic carbocycles. The standard InChI is InChI=1S/C19H11BrF3N3O/c20-13-3-1-2-12(8-13)17-9-15(16(10-24)18(25)26-17)11-4-6-14(7-5-11)27-19(21,22)23/h1-9H,(H2,25,26). The molecule has 8 heteroatoms. The van der Waals surface area contributed by atoms with E-state index in [2.05, 4.69) is 25.7 Å². The number of aromatic nitrogens is 1. The normalized spacial score (nSPS) is 11.1. The molecule has 0 fully saturated rings. The van der Waals surface area contributed by atoms with Gasteiger partial charge in [0.15, 0.2) is 0 Å². The molecular weight excluding hydrogens is 423 g/mol. The minimum atomic E-state index is -4.77. The Morgan fingerprint density at radius 3 is 2.33 bits per heavy atom. The molecule has 0 bridgehead atoms. The first-order chi connectivity index (χ1) is 12.8. The lowest BCUT2D eigenvalue weighted by molar-refractivity contribution is -0.274. The predicted molar refractivity (Wildman–Crippen MR) is 98.6 cm³/mol. The highest BCUT2D eigenvalue weighted by Gasteiger charge is 2.31. The average molecular weight is 434 g/mol. The summed E-state index contributed by atoms with van der Waals surface area (Å²) in [6.45, 7) is 0. The molecule has 0 unspecified atom stereocenters. The van der Waals surface area contributed by atoms with Gasteiger partial charge in [0.1, 0.15) is 23.2 Å². The number of rotatable bonds is 3. The molecular formula is C19H11BrF3N3O. The quantitative estimate of drug-likeness (QED) is 0.589. The number of nitrogens with zero attached hydrogens (tertiary/aromatic N) is 2. The number of hydrogen-bond acceptors (Lipinski definition) is 4. The van der Waals surface area contributed by atoms with Crippen LogP contribution >= 0.6 is 15.9 Å². The van der Waals surface area contributed by atoms with Gasteiger partial charge in [-0.1, -0.05) is 40.2 Å². The highest BCUT2D eigenvalue weighted by Crippen LogP contribution is 2.33. The molecule has 0 spiro atoms. The monoisotopic (exact) mass is 433 g/mol. The molecule has 2 aromatic carbocycles. The second kappa shape index (κ2) is 7.29. The fourth-order valence-electron chi connectivity index (χ4n) is 2.54. The van der Waals surface area contributed by atoms with Gasteiger partial charge in [0.25, 0.3) is 0 Å². The number of nitriles is 1. The van der Waals surface area contributed by atoms with E-state index in [1.165, 1.54) is 24.3 Å². The van der Waals surface area contributed by atoms with E-state index in [1.807, 2.05) is 30.3 Å². The smallest absolute Gasteiger partial charge is 0.406 e. The Hall–Kier alpha value is -3.05. The lowest BCUT2D eigenvalue weighted by Gasteiger charge is -2.12. The van der Waals surface area contributed by atoms with Crippen molar-refractivity contribution in [1.29, 1.82) is 5.26 Å². The fraction of sp³-hybridized carbons (Fsp3) is 0.0526. The van der Waals surface area contributed by atoms with E-state index in [0.29, 0.717) is 16.8 Å². The molecule has 0 atom stereocenters. The summed E-state index contributed by atoms with van der Waals surface area (Å²) >= 11 is 3.38. The van der Waals surface area contributed by atoms with Crippen molar-refractivity contribution >= 4 is 21.7 Å². The van der Waals surface area contributed by atoms with Gasteiger partial charge in [0.05, 0.1) is 5.69 Å². The van der Waals surface area contributed by atoms with Crippen LogP contribution in [0, 0.1) is 11.3 Å². The third-order valence-electron chi connectivity index (χ3n) is 3.68. The number of benzene rings is 2.